The Kier molecular flexibility index (Phi) is 48.2. The fourth-order valence-electron chi connectivity index (χ4n) is 5.75. The molecule has 0 aromatic carbocycles. The van der Waals surface area contributed by atoms with Crippen LogP contribution in [-0.2, 0) is 72.7 Å². The maximum absolute atomic E-state index is 14.6. The van der Waals surface area contributed by atoms with Gasteiger partial charge in [0.1, 0.15) is 50.1 Å². The number of nitrogens with zero attached hydrogens (tertiary/aromatic N) is 3. The van der Waals surface area contributed by atoms with Crippen molar-refractivity contribution in [1.29, 1.82) is 0 Å². The van der Waals surface area contributed by atoms with Crippen LogP contribution in [0.5, 0.6) is 0 Å². The lowest BCUT2D eigenvalue weighted by Crippen LogP contribution is -2.58. The van der Waals surface area contributed by atoms with Crippen LogP contribution in [0.2, 0.25) is 0 Å². The Bertz CT molecular complexity index is 1670. The monoisotopic (exact) mass is 1630 g/mol. The Morgan fingerprint density at radius 3 is 0.531 bits per heavy atom. The SMILES string of the molecule is O=c1n(CC(Cl)CO[Si](OC(Cl)CCCl)(OC(Cl)CCCl)OC(Cl)CCCl)c(=O)n(CC(Cl)CO[Si](OC(Cl)CCCl)(OC(Cl)CCCl)OC(Cl)CCCl)c(=O)n1CC(Cl)CO[Si](OC(Cl)CCCl)(OC(Cl)CCCl)OC(Cl)CCCl. The van der Waals surface area contributed by atoms with Crippen molar-refractivity contribution in [2.45, 2.75) is 144 Å². The summed E-state index contributed by atoms with van der Waals surface area (Å²) in [5.74, 6) is 0.261. The molecule has 81 heavy (non-hydrogen) atoms. The molecule has 18 nitrogen and oxygen atoms in total. The van der Waals surface area contributed by atoms with Gasteiger partial charge in [0, 0.05) is 111 Å². The second kappa shape index (κ2) is 46.7. The van der Waals surface area contributed by atoms with Crippen LogP contribution >= 0.6 is 244 Å². The van der Waals surface area contributed by atoms with E-state index in [4.69, 9.17) is 297 Å². The van der Waals surface area contributed by atoms with Crippen LogP contribution in [0.15, 0.2) is 14.4 Å². The van der Waals surface area contributed by atoms with Crippen LogP contribution in [0, 0.1) is 0 Å². The van der Waals surface area contributed by atoms with Crippen molar-refractivity contribution in [2.24, 2.45) is 0 Å². The third kappa shape index (κ3) is 33.9. The van der Waals surface area contributed by atoms with Gasteiger partial charge in [0.05, 0.1) is 55.6 Å². The minimum Gasteiger partial charge on any atom is -0.350 e. The van der Waals surface area contributed by atoms with E-state index < -0.39 is 150 Å². The molecule has 0 spiro atoms. The smallest absolute Gasteiger partial charge is 0.350 e. The minimum absolute atomic E-state index is 0.0290. The first-order valence-electron chi connectivity index (χ1n) is 24.0. The molecule has 12 atom stereocenters. The average molecular weight is 1640 g/mol. The lowest BCUT2D eigenvalue weighted by Gasteiger charge is -2.33. The Morgan fingerprint density at radius 1 is 0.272 bits per heavy atom. The molecule has 1 aromatic heterocycles. The molecule has 12 unspecified atom stereocenters. The van der Waals surface area contributed by atoms with Gasteiger partial charge in [-0.05, 0) is 0 Å². The van der Waals surface area contributed by atoms with Gasteiger partial charge < -0.3 is 53.1 Å². The van der Waals surface area contributed by atoms with Crippen LogP contribution in [0.25, 0.3) is 0 Å². The molecule has 0 aliphatic heterocycles. The van der Waals surface area contributed by atoms with Crippen molar-refractivity contribution in [3.63, 3.8) is 0 Å². The average Bonchev–Trinajstić information content (AvgIpc) is 3.36. The number of aromatic nitrogens is 3. The second-order valence-electron chi connectivity index (χ2n) is 16.0. The van der Waals surface area contributed by atoms with Crippen molar-refractivity contribution in [1.82, 2.24) is 13.7 Å². The zero-order chi connectivity index (χ0) is 61.3. The topological polar surface area (TPSA) is 177 Å². The Balaban J connectivity index is 4.13. The molecule has 0 saturated heterocycles. The van der Waals surface area contributed by atoms with Gasteiger partial charge in [0.25, 0.3) is 0 Å². The summed E-state index contributed by atoms with van der Waals surface area (Å²) in [6.07, 6.45) is 0.490. The van der Waals surface area contributed by atoms with Gasteiger partial charge in [-0.1, -0.05) is 104 Å². The summed E-state index contributed by atoms with van der Waals surface area (Å²) in [5, 5.41) is -4.13. The van der Waals surface area contributed by atoms with E-state index in [1.165, 1.54) is 0 Å². The summed E-state index contributed by atoms with van der Waals surface area (Å²) in [4.78, 5) is 43.8. The molecule has 42 heteroatoms. The van der Waals surface area contributed by atoms with E-state index >= 15 is 0 Å². The van der Waals surface area contributed by atoms with E-state index in [2.05, 4.69) is 0 Å². The number of hydrogen-bond donors (Lipinski definition) is 0. The number of hydrogen-bond acceptors (Lipinski definition) is 15. The van der Waals surface area contributed by atoms with E-state index in [1.54, 1.807) is 0 Å². The molecule has 0 aliphatic rings. The first kappa shape index (κ1) is 83.7. The second-order valence-corrected chi connectivity index (χ2v) is 31.6. The van der Waals surface area contributed by atoms with Gasteiger partial charge in [0.2, 0.25) is 0 Å². The summed E-state index contributed by atoms with van der Waals surface area (Å²) in [7, 11) is -13.8. The van der Waals surface area contributed by atoms with Gasteiger partial charge in [-0.25, -0.2) is 28.1 Å². The maximum Gasteiger partial charge on any atom is 0.683 e. The van der Waals surface area contributed by atoms with Gasteiger partial charge in [-0.15, -0.1) is 139 Å². The first-order chi connectivity index (χ1) is 38.3. The molecule has 0 aliphatic carbocycles. The van der Waals surface area contributed by atoms with Crippen molar-refractivity contribution >= 4 is 271 Å². The third-order valence-electron chi connectivity index (χ3n) is 9.32. The van der Waals surface area contributed by atoms with Gasteiger partial charge in [-0.3, -0.25) is 0 Å². The number of rotatable bonds is 51. The van der Waals surface area contributed by atoms with Crippen molar-refractivity contribution in [2.75, 3.05) is 72.7 Å². The van der Waals surface area contributed by atoms with Crippen LogP contribution in [0.4, 0.5) is 0 Å². The minimum atomic E-state index is -4.61. The maximum atomic E-state index is 14.6. The van der Waals surface area contributed by atoms with Crippen LogP contribution < -0.4 is 17.1 Å². The Morgan fingerprint density at radius 2 is 0.407 bits per heavy atom. The fraction of sp³-hybridized carbons (Fsp3) is 0.923. The normalized spacial score (nSPS) is 19.1. The number of alkyl halides is 21. The first-order valence-corrected chi connectivity index (χ1v) is 38.9. The molecular formula is C39H60Cl21N3O15Si3. The number of halogens is 21. The Labute approximate surface area is 579 Å². The summed E-state index contributed by atoms with van der Waals surface area (Å²) < 4.78 is 73.9. The van der Waals surface area contributed by atoms with E-state index in [9.17, 15) is 14.4 Å². The third-order valence-corrected chi connectivity index (χ3v) is 22.9. The van der Waals surface area contributed by atoms with Gasteiger partial charge in [0.15, 0.2) is 0 Å². The molecule has 0 N–H and O–H groups in total. The van der Waals surface area contributed by atoms with Crippen molar-refractivity contribution < 1.29 is 53.1 Å². The molecule has 0 bridgehead atoms. The van der Waals surface area contributed by atoms with E-state index in [0.717, 1.165) is 0 Å². The van der Waals surface area contributed by atoms with E-state index in [1.807, 2.05) is 0 Å². The van der Waals surface area contributed by atoms with Crippen LogP contribution in [0.3, 0.4) is 0 Å². The largest absolute Gasteiger partial charge is 0.683 e. The van der Waals surface area contributed by atoms with Crippen LogP contribution in [-0.4, -0.2) is 180 Å². The zero-order valence-corrected chi connectivity index (χ0v) is 61.2. The van der Waals surface area contributed by atoms with Gasteiger partial charge in [-0.2, -0.15) is 0 Å². The van der Waals surface area contributed by atoms with E-state index in [-0.39, 0.29) is 111 Å². The quantitative estimate of drug-likeness (QED) is 0.0444. The highest BCUT2D eigenvalue weighted by Crippen LogP contribution is 2.31. The molecule has 480 valence electrons. The summed E-state index contributed by atoms with van der Waals surface area (Å²) in [6.45, 7) is -4.01. The lowest BCUT2D eigenvalue weighted by molar-refractivity contribution is -0.0566. The molecule has 0 saturated carbocycles. The highest BCUT2D eigenvalue weighted by Gasteiger charge is 2.54. The standard InChI is InChI=1S/C39H60Cl21N3O15Si3/c40-10-1-28(52)70-79(71-29(53)2-11-41,72-30(54)3-12-42)67-22-25(49)19-61-37(64)62(20-26(50)23-68-80(73-31(55)4-13-43,74-32(56)5-14-44)75-33(57)6-15-45)39(66)63(38(61)65)21-27(51)24-69-81(76-34(58)7-16-46,77-35(59)8-17-47)78-36(60)9-18-48/h25-36H,1-24H2. The molecule has 1 aromatic rings. The molecule has 1 rings (SSSR count). The molecule has 0 fully saturated rings. The molecule has 0 amide bonds. The summed E-state index contributed by atoms with van der Waals surface area (Å²) in [5.41, 5.74) is -14.4. The summed E-state index contributed by atoms with van der Waals surface area (Å²) >= 11 is 132. The summed E-state index contributed by atoms with van der Waals surface area (Å²) in [6, 6.07) is 0. The fourth-order valence-corrected chi connectivity index (χ4v) is 19.6. The predicted molar refractivity (Wildman–Crippen MR) is 338 cm³/mol. The van der Waals surface area contributed by atoms with E-state index in [0.29, 0.717) is 13.7 Å². The highest BCUT2D eigenvalue weighted by atomic mass is 35.5. The van der Waals surface area contributed by atoms with Gasteiger partial charge >= 0.3 is 44.2 Å². The highest BCUT2D eigenvalue weighted by molar-refractivity contribution is 6.57. The van der Waals surface area contributed by atoms with Crippen molar-refractivity contribution in [3.8, 4) is 0 Å². The lowest BCUT2D eigenvalue weighted by atomic mass is 10.4. The van der Waals surface area contributed by atoms with Crippen molar-refractivity contribution in [3.05, 3.63) is 31.5 Å². The molecule has 1 heterocycles. The molecule has 0 radical (unpaired) electrons. The molecular weight excluding hydrogens is 1580 g/mol. The Hall–Kier alpha value is 4.67. The predicted octanol–water partition coefficient (Wildman–Crippen LogP) is 13.2. The zero-order valence-electron chi connectivity index (χ0n) is 42.3. The van der Waals surface area contributed by atoms with Crippen LogP contribution in [0.1, 0.15) is 57.8 Å².